The molecule has 0 spiro atoms. The number of benzene rings is 2. The van der Waals surface area contributed by atoms with Crippen LogP contribution in [0.2, 0.25) is 0 Å². The number of thioether (sulfide) groups is 1. The fourth-order valence-electron chi connectivity index (χ4n) is 2.89. The van der Waals surface area contributed by atoms with Gasteiger partial charge < -0.3 is 14.2 Å². The first-order chi connectivity index (χ1) is 12.7. The monoisotopic (exact) mass is 372 g/mol. The van der Waals surface area contributed by atoms with Crippen LogP contribution in [0.4, 0.5) is 0 Å². The van der Waals surface area contributed by atoms with Crippen LogP contribution in [-0.4, -0.2) is 51.4 Å². The summed E-state index contributed by atoms with van der Waals surface area (Å²) in [6.07, 6.45) is 0. The summed E-state index contributed by atoms with van der Waals surface area (Å²) in [5.41, 5.74) is 1.62. The molecule has 0 atom stereocenters. The summed E-state index contributed by atoms with van der Waals surface area (Å²) >= 11 is 1.51. The Bertz CT molecular complexity index is 765. The van der Waals surface area contributed by atoms with E-state index in [1.54, 1.807) is 38.5 Å². The number of hydrogen-bond donors (Lipinski definition) is 0. The Labute approximate surface area is 156 Å². The Morgan fingerprint density at radius 3 is 2.23 bits per heavy atom. The predicted octanol–water partition coefficient (Wildman–Crippen LogP) is 3.23. The summed E-state index contributed by atoms with van der Waals surface area (Å²) in [6.45, 7) is 1.28. The minimum Gasteiger partial charge on any atom is -0.490 e. The number of methoxy groups -OCH3 is 2. The number of ether oxygens (including phenoxy) is 3. The van der Waals surface area contributed by atoms with Crippen LogP contribution in [0, 0.1) is 0 Å². The maximum absolute atomic E-state index is 13.3. The van der Waals surface area contributed by atoms with Crippen LogP contribution < -0.4 is 4.74 Å². The molecule has 0 saturated carbocycles. The highest BCUT2D eigenvalue weighted by Crippen LogP contribution is 2.37. The van der Waals surface area contributed by atoms with E-state index in [2.05, 4.69) is 0 Å². The first kappa shape index (κ1) is 18.6. The second-order valence-electron chi connectivity index (χ2n) is 5.70. The fourth-order valence-corrected chi connectivity index (χ4v) is 3.88. The minimum atomic E-state index is -0.178. The SMILES string of the molecule is COCCOc1cccc2c1C(=O)c1c(SCCOC)cccc1C2=O. The van der Waals surface area contributed by atoms with E-state index in [9.17, 15) is 9.59 Å². The van der Waals surface area contributed by atoms with Gasteiger partial charge in [0.15, 0.2) is 11.6 Å². The average Bonchev–Trinajstić information content (AvgIpc) is 2.66. The summed E-state index contributed by atoms with van der Waals surface area (Å²) in [5, 5.41) is 0. The largest absolute Gasteiger partial charge is 0.490 e. The van der Waals surface area contributed by atoms with Crippen molar-refractivity contribution in [1.82, 2.24) is 0 Å². The topological polar surface area (TPSA) is 61.8 Å². The van der Waals surface area contributed by atoms with Crippen LogP contribution in [0.3, 0.4) is 0 Å². The van der Waals surface area contributed by atoms with Gasteiger partial charge in [0.2, 0.25) is 0 Å². The van der Waals surface area contributed by atoms with Crippen molar-refractivity contribution in [3.8, 4) is 5.75 Å². The van der Waals surface area contributed by atoms with E-state index in [0.717, 1.165) is 4.90 Å². The van der Waals surface area contributed by atoms with Crippen molar-refractivity contribution in [2.45, 2.75) is 4.90 Å². The van der Waals surface area contributed by atoms with Crippen LogP contribution in [0.25, 0.3) is 0 Å². The summed E-state index contributed by atoms with van der Waals surface area (Å²) in [4.78, 5) is 27.0. The Morgan fingerprint density at radius 2 is 1.50 bits per heavy atom. The zero-order chi connectivity index (χ0) is 18.5. The molecule has 0 bridgehead atoms. The van der Waals surface area contributed by atoms with Crippen LogP contribution in [0.1, 0.15) is 31.8 Å². The molecule has 1 aliphatic carbocycles. The van der Waals surface area contributed by atoms with Crippen LogP contribution in [0.15, 0.2) is 41.3 Å². The van der Waals surface area contributed by atoms with Crippen molar-refractivity contribution in [2.75, 3.05) is 39.8 Å². The summed E-state index contributed by atoms with van der Waals surface area (Å²) in [7, 11) is 3.22. The van der Waals surface area contributed by atoms with E-state index in [4.69, 9.17) is 14.2 Å². The van der Waals surface area contributed by atoms with Crippen molar-refractivity contribution >= 4 is 23.3 Å². The second kappa shape index (κ2) is 8.49. The van der Waals surface area contributed by atoms with Gasteiger partial charge in [-0.3, -0.25) is 9.59 Å². The molecule has 0 unspecified atom stereocenters. The Morgan fingerprint density at radius 1 is 0.808 bits per heavy atom. The third-order valence-corrected chi connectivity index (χ3v) is 5.11. The van der Waals surface area contributed by atoms with Gasteiger partial charge in [0.05, 0.1) is 18.8 Å². The number of hydrogen-bond acceptors (Lipinski definition) is 6. The standard InChI is InChI=1S/C20H20O5S/c1-23-9-10-25-15-7-3-5-13-17(15)20(22)18-14(19(13)21)6-4-8-16(18)26-12-11-24-2/h3-8H,9-12H2,1-2H3. The summed E-state index contributed by atoms with van der Waals surface area (Å²) in [5.74, 6) is 0.789. The molecule has 1 aliphatic rings. The van der Waals surface area contributed by atoms with Crippen molar-refractivity contribution < 1.29 is 23.8 Å². The molecule has 2 aromatic carbocycles. The van der Waals surface area contributed by atoms with E-state index < -0.39 is 0 Å². The van der Waals surface area contributed by atoms with E-state index in [1.807, 2.05) is 12.1 Å². The second-order valence-corrected chi connectivity index (χ2v) is 6.83. The molecule has 5 nitrogen and oxygen atoms in total. The minimum absolute atomic E-state index is 0.152. The Kier molecular flexibility index (Phi) is 6.08. The van der Waals surface area contributed by atoms with E-state index >= 15 is 0 Å². The molecule has 0 radical (unpaired) electrons. The van der Waals surface area contributed by atoms with Gasteiger partial charge in [-0.15, -0.1) is 11.8 Å². The molecule has 0 heterocycles. The lowest BCUT2D eigenvalue weighted by Crippen LogP contribution is -2.23. The zero-order valence-electron chi connectivity index (χ0n) is 14.7. The molecular weight excluding hydrogens is 352 g/mol. The number of carbonyl (C=O) groups is 2. The molecule has 6 heteroatoms. The Balaban J connectivity index is 2.02. The zero-order valence-corrected chi connectivity index (χ0v) is 15.6. The van der Waals surface area contributed by atoms with E-state index in [-0.39, 0.29) is 11.6 Å². The first-order valence-corrected chi connectivity index (χ1v) is 9.26. The molecule has 2 aromatic rings. The molecular formula is C20H20O5S. The molecule has 0 N–H and O–H groups in total. The van der Waals surface area contributed by atoms with Crippen molar-refractivity contribution in [3.63, 3.8) is 0 Å². The molecule has 0 aliphatic heterocycles. The number of rotatable bonds is 8. The highest BCUT2D eigenvalue weighted by Gasteiger charge is 2.34. The van der Waals surface area contributed by atoms with Gasteiger partial charge in [-0.1, -0.05) is 24.3 Å². The maximum Gasteiger partial charge on any atom is 0.199 e. The van der Waals surface area contributed by atoms with Crippen molar-refractivity contribution in [2.24, 2.45) is 0 Å². The number of ketones is 2. The predicted molar refractivity (Wildman–Crippen MR) is 99.7 cm³/mol. The number of carbonyl (C=O) groups excluding carboxylic acids is 2. The number of fused-ring (bicyclic) bond motifs is 2. The first-order valence-electron chi connectivity index (χ1n) is 8.28. The van der Waals surface area contributed by atoms with Gasteiger partial charge in [0.1, 0.15) is 12.4 Å². The molecule has 0 saturated heterocycles. The summed E-state index contributed by atoms with van der Waals surface area (Å²) in [6, 6.07) is 10.5. The molecule has 0 amide bonds. The van der Waals surface area contributed by atoms with Gasteiger partial charge in [0.25, 0.3) is 0 Å². The summed E-state index contributed by atoms with van der Waals surface area (Å²) < 4.78 is 15.8. The molecule has 26 heavy (non-hydrogen) atoms. The highest BCUT2D eigenvalue weighted by atomic mass is 32.2. The highest BCUT2D eigenvalue weighted by molar-refractivity contribution is 7.99. The van der Waals surface area contributed by atoms with Crippen LogP contribution in [-0.2, 0) is 9.47 Å². The van der Waals surface area contributed by atoms with Crippen LogP contribution in [0.5, 0.6) is 5.75 Å². The van der Waals surface area contributed by atoms with Gasteiger partial charge in [0, 0.05) is 41.6 Å². The lowest BCUT2D eigenvalue weighted by Gasteiger charge is -2.22. The van der Waals surface area contributed by atoms with Gasteiger partial charge in [-0.2, -0.15) is 0 Å². The normalized spacial score (nSPS) is 12.7. The fraction of sp³-hybridized carbons (Fsp3) is 0.300. The molecule has 0 aromatic heterocycles. The molecule has 0 fully saturated rings. The Hall–Kier alpha value is -2.15. The van der Waals surface area contributed by atoms with Gasteiger partial charge in [-0.25, -0.2) is 0 Å². The lowest BCUT2D eigenvalue weighted by molar-refractivity contribution is 0.0970. The quantitative estimate of drug-likeness (QED) is 0.447. The van der Waals surface area contributed by atoms with Crippen molar-refractivity contribution in [1.29, 1.82) is 0 Å². The van der Waals surface area contributed by atoms with Gasteiger partial charge >= 0.3 is 0 Å². The maximum atomic E-state index is 13.3. The third-order valence-electron chi connectivity index (χ3n) is 4.09. The average molecular weight is 372 g/mol. The van der Waals surface area contributed by atoms with E-state index in [0.29, 0.717) is 53.6 Å². The smallest absolute Gasteiger partial charge is 0.199 e. The lowest BCUT2D eigenvalue weighted by atomic mass is 9.83. The van der Waals surface area contributed by atoms with E-state index in [1.165, 1.54) is 11.8 Å². The molecule has 3 rings (SSSR count). The van der Waals surface area contributed by atoms with Gasteiger partial charge in [-0.05, 0) is 12.1 Å². The van der Waals surface area contributed by atoms with Crippen LogP contribution >= 0.6 is 11.8 Å². The third kappa shape index (κ3) is 3.53. The van der Waals surface area contributed by atoms with Crippen molar-refractivity contribution in [3.05, 3.63) is 58.7 Å². The molecule has 136 valence electrons.